The molecule has 5 heteroatoms. The first-order chi connectivity index (χ1) is 6.33. The minimum absolute atomic E-state index is 0.447. The fourth-order valence-corrected chi connectivity index (χ4v) is 1.19. The van der Waals surface area contributed by atoms with E-state index in [1.54, 1.807) is 0 Å². The van der Waals surface area contributed by atoms with E-state index in [-0.39, 0.29) is 0 Å². The molecule has 0 fully saturated rings. The van der Waals surface area contributed by atoms with E-state index in [4.69, 9.17) is 0 Å². The number of hydrogen-bond donors (Lipinski definition) is 2. The normalized spacial score (nSPS) is 13.5. The number of nitrogens with zero attached hydrogens (tertiary/aromatic N) is 1. The van der Waals surface area contributed by atoms with E-state index in [1.165, 1.54) is 12.1 Å². The Bertz CT molecular complexity index is 340. The molecule has 1 aliphatic heterocycles. The van der Waals surface area contributed by atoms with Crippen molar-refractivity contribution in [3.8, 4) is 0 Å². The van der Waals surface area contributed by atoms with Crippen LogP contribution in [-0.2, 0) is 4.74 Å². The zero-order chi connectivity index (χ0) is 9.26. The molecule has 13 heavy (non-hydrogen) atoms. The Morgan fingerprint density at radius 3 is 3.00 bits per heavy atom. The Hall–Kier alpha value is -1.75. The van der Waals surface area contributed by atoms with Crippen molar-refractivity contribution in [2.75, 3.05) is 17.5 Å². The summed E-state index contributed by atoms with van der Waals surface area (Å²) in [7, 11) is 1.34. The Labute approximate surface area is 75.2 Å². The summed E-state index contributed by atoms with van der Waals surface area (Å²) in [4.78, 5) is 11.2. The molecule has 68 valence electrons. The number of anilines is 2. The van der Waals surface area contributed by atoms with Crippen LogP contribution in [0.25, 0.3) is 0 Å². The van der Waals surface area contributed by atoms with Crippen molar-refractivity contribution in [3.05, 3.63) is 24.3 Å². The molecular formula is C8H9N3O2. The molecule has 0 aromatic heterocycles. The fourth-order valence-electron chi connectivity index (χ4n) is 1.19. The number of amides is 1. The summed E-state index contributed by atoms with van der Waals surface area (Å²) in [5.41, 5.74) is 7.14. The number of hydrazine groups is 2. The topological polar surface area (TPSA) is 53.6 Å². The van der Waals surface area contributed by atoms with E-state index >= 15 is 0 Å². The van der Waals surface area contributed by atoms with Gasteiger partial charge in [0.05, 0.1) is 18.5 Å². The second-order valence-electron chi connectivity index (χ2n) is 2.56. The molecule has 1 heterocycles. The predicted molar refractivity (Wildman–Crippen MR) is 48.1 cm³/mol. The van der Waals surface area contributed by atoms with Crippen LogP contribution in [0.3, 0.4) is 0 Å². The number of carbonyl (C=O) groups is 1. The number of fused-ring (bicyclic) bond motifs is 1. The van der Waals surface area contributed by atoms with E-state index in [1.807, 2.05) is 24.3 Å². The SMILES string of the molecule is COC(=O)N1NNc2ccccc21. The van der Waals surface area contributed by atoms with Gasteiger partial charge in [-0.2, -0.15) is 5.01 Å². The van der Waals surface area contributed by atoms with Gasteiger partial charge in [-0.15, -0.1) is 5.53 Å². The van der Waals surface area contributed by atoms with Gasteiger partial charge in [-0.3, -0.25) is 0 Å². The Morgan fingerprint density at radius 2 is 2.23 bits per heavy atom. The van der Waals surface area contributed by atoms with Crippen LogP contribution in [0.2, 0.25) is 0 Å². The van der Waals surface area contributed by atoms with Gasteiger partial charge in [0, 0.05) is 0 Å². The average Bonchev–Trinajstić information content (AvgIpc) is 2.60. The Kier molecular flexibility index (Phi) is 1.79. The molecule has 0 bridgehead atoms. The number of nitrogens with one attached hydrogen (secondary N) is 2. The van der Waals surface area contributed by atoms with Crippen LogP contribution in [-0.4, -0.2) is 13.2 Å². The van der Waals surface area contributed by atoms with Crippen LogP contribution in [0.15, 0.2) is 24.3 Å². The molecule has 1 aromatic rings. The molecule has 0 saturated heterocycles. The number of rotatable bonds is 0. The molecule has 0 radical (unpaired) electrons. The zero-order valence-corrected chi connectivity index (χ0v) is 7.07. The molecule has 1 amide bonds. The minimum atomic E-state index is -0.447. The summed E-state index contributed by atoms with van der Waals surface area (Å²) >= 11 is 0. The van der Waals surface area contributed by atoms with Crippen molar-refractivity contribution in [2.24, 2.45) is 0 Å². The fraction of sp³-hybridized carbons (Fsp3) is 0.125. The lowest BCUT2D eigenvalue weighted by atomic mass is 10.3. The predicted octanol–water partition coefficient (Wildman–Crippen LogP) is 1.10. The van der Waals surface area contributed by atoms with Crippen molar-refractivity contribution in [2.45, 2.75) is 0 Å². The van der Waals surface area contributed by atoms with E-state index in [9.17, 15) is 4.79 Å². The standard InChI is InChI=1S/C8H9N3O2/c1-13-8(12)11-7-5-3-2-4-6(7)9-10-11/h2-5,9-10H,1H3. The average molecular weight is 179 g/mol. The van der Waals surface area contributed by atoms with Crippen molar-refractivity contribution in [3.63, 3.8) is 0 Å². The van der Waals surface area contributed by atoms with Crippen molar-refractivity contribution < 1.29 is 9.53 Å². The van der Waals surface area contributed by atoms with Crippen LogP contribution in [0.5, 0.6) is 0 Å². The molecule has 2 N–H and O–H groups in total. The monoisotopic (exact) mass is 179 g/mol. The summed E-state index contributed by atoms with van der Waals surface area (Å²) in [6.45, 7) is 0. The van der Waals surface area contributed by atoms with Crippen LogP contribution in [0, 0.1) is 0 Å². The molecule has 5 nitrogen and oxygen atoms in total. The molecule has 2 rings (SSSR count). The third kappa shape index (κ3) is 1.19. The van der Waals surface area contributed by atoms with Crippen molar-refractivity contribution in [1.82, 2.24) is 5.53 Å². The number of carbonyl (C=O) groups excluding carboxylic acids is 1. The largest absolute Gasteiger partial charge is 0.451 e. The van der Waals surface area contributed by atoms with Gasteiger partial charge in [0.2, 0.25) is 0 Å². The second kappa shape index (κ2) is 2.95. The summed E-state index contributed by atoms with van der Waals surface area (Å²) in [6.07, 6.45) is -0.447. The van der Waals surface area contributed by atoms with Crippen LogP contribution in [0.4, 0.5) is 16.2 Å². The maximum absolute atomic E-state index is 11.2. The third-order valence-electron chi connectivity index (χ3n) is 1.80. The van der Waals surface area contributed by atoms with E-state index < -0.39 is 6.09 Å². The number of methoxy groups -OCH3 is 1. The van der Waals surface area contributed by atoms with Gasteiger partial charge in [-0.1, -0.05) is 12.1 Å². The highest BCUT2D eigenvalue weighted by Crippen LogP contribution is 2.28. The van der Waals surface area contributed by atoms with Gasteiger partial charge in [0.1, 0.15) is 0 Å². The molecule has 0 spiro atoms. The minimum Gasteiger partial charge on any atom is -0.451 e. The van der Waals surface area contributed by atoms with Gasteiger partial charge in [-0.05, 0) is 12.1 Å². The maximum Gasteiger partial charge on any atom is 0.430 e. The van der Waals surface area contributed by atoms with Crippen LogP contribution in [0.1, 0.15) is 0 Å². The summed E-state index contributed by atoms with van der Waals surface area (Å²) < 4.78 is 4.58. The van der Waals surface area contributed by atoms with E-state index in [2.05, 4.69) is 15.7 Å². The summed E-state index contributed by atoms with van der Waals surface area (Å²) in [6, 6.07) is 7.42. The smallest absolute Gasteiger partial charge is 0.430 e. The summed E-state index contributed by atoms with van der Waals surface area (Å²) in [5, 5.41) is 1.30. The third-order valence-corrected chi connectivity index (χ3v) is 1.80. The highest BCUT2D eigenvalue weighted by molar-refractivity contribution is 5.93. The van der Waals surface area contributed by atoms with Crippen molar-refractivity contribution >= 4 is 17.5 Å². The Morgan fingerprint density at radius 1 is 1.46 bits per heavy atom. The second-order valence-corrected chi connectivity index (χ2v) is 2.56. The lowest BCUT2D eigenvalue weighted by Gasteiger charge is -2.12. The maximum atomic E-state index is 11.2. The lowest BCUT2D eigenvalue weighted by Crippen LogP contribution is -2.40. The molecule has 0 unspecified atom stereocenters. The number of para-hydroxylation sites is 2. The molecule has 0 aliphatic carbocycles. The molecule has 0 saturated carbocycles. The Balaban J connectivity index is 2.33. The van der Waals surface area contributed by atoms with Crippen LogP contribution >= 0.6 is 0 Å². The first-order valence-corrected chi connectivity index (χ1v) is 3.81. The summed E-state index contributed by atoms with van der Waals surface area (Å²) in [5.74, 6) is 0. The quantitative estimate of drug-likeness (QED) is 0.626. The van der Waals surface area contributed by atoms with Gasteiger partial charge >= 0.3 is 6.09 Å². The molecule has 1 aliphatic rings. The molecule has 1 aromatic carbocycles. The lowest BCUT2D eigenvalue weighted by molar-refractivity contribution is 0.177. The van der Waals surface area contributed by atoms with Crippen LogP contribution < -0.4 is 16.0 Å². The first kappa shape index (κ1) is 7.88. The van der Waals surface area contributed by atoms with Gasteiger partial charge < -0.3 is 10.2 Å². The van der Waals surface area contributed by atoms with Crippen molar-refractivity contribution in [1.29, 1.82) is 0 Å². The van der Waals surface area contributed by atoms with E-state index in [0.717, 1.165) is 11.4 Å². The van der Waals surface area contributed by atoms with Gasteiger partial charge in [0.15, 0.2) is 0 Å². The van der Waals surface area contributed by atoms with Gasteiger partial charge in [0.25, 0.3) is 0 Å². The number of ether oxygens (including phenoxy) is 1. The highest BCUT2D eigenvalue weighted by atomic mass is 16.5. The van der Waals surface area contributed by atoms with Gasteiger partial charge in [-0.25, -0.2) is 4.79 Å². The number of hydrogen-bond acceptors (Lipinski definition) is 4. The molecular weight excluding hydrogens is 170 g/mol. The zero-order valence-electron chi connectivity index (χ0n) is 7.07. The first-order valence-electron chi connectivity index (χ1n) is 3.81. The number of benzene rings is 1. The highest BCUT2D eigenvalue weighted by Gasteiger charge is 2.23. The van der Waals surface area contributed by atoms with E-state index in [0.29, 0.717) is 0 Å². The molecule has 0 atom stereocenters.